The van der Waals surface area contributed by atoms with E-state index in [0.29, 0.717) is 5.96 Å². The lowest BCUT2D eigenvalue weighted by Crippen LogP contribution is -2.22. The Labute approximate surface area is 262 Å². The SMILES string of the molecule is CC(c1cccc(-c2cccc3ccccc23)c1)c1ccn(-c2ccccc2)c1/N=C(\N)n1c2ccccc2c2ccccc21. The molecule has 0 aliphatic rings. The highest BCUT2D eigenvalue weighted by atomic mass is 15.2. The Morgan fingerprint density at radius 1 is 0.622 bits per heavy atom. The number of hydrogen-bond acceptors (Lipinski definition) is 1. The van der Waals surface area contributed by atoms with Crippen LogP contribution in [0.4, 0.5) is 5.82 Å². The molecule has 0 amide bonds. The van der Waals surface area contributed by atoms with E-state index in [1.165, 1.54) is 27.5 Å². The molecule has 0 radical (unpaired) electrons. The topological polar surface area (TPSA) is 48.2 Å². The van der Waals surface area contributed by atoms with Crippen LogP contribution in [0.1, 0.15) is 24.0 Å². The fourth-order valence-electron chi connectivity index (χ4n) is 6.65. The van der Waals surface area contributed by atoms with E-state index in [1.54, 1.807) is 0 Å². The van der Waals surface area contributed by atoms with E-state index in [-0.39, 0.29) is 5.92 Å². The summed E-state index contributed by atoms with van der Waals surface area (Å²) >= 11 is 0. The first-order valence-electron chi connectivity index (χ1n) is 15.3. The van der Waals surface area contributed by atoms with Gasteiger partial charge in [0.15, 0.2) is 0 Å². The zero-order chi connectivity index (χ0) is 30.3. The van der Waals surface area contributed by atoms with Crippen LogP contribution in [0.25, 0.3) is 49.4 Å². The molecule has 1 unspecified atom stereocenters. The number of nitrogens with zero attached hydrogens (tertiary/aromatic N) is 3. The van der Waals surface area contributed by atoms with Gasteiger partial charge in [-0.05, 0) is 57.8 Å². The van der Waals surface area contributed by atoms with E-state index < -0.39 is 0 Å². The van der Waals surface area contributed by atoms with Crippen molar-refractivity contribution in [3.63, 3.8) is 0 Å². The summed E-state index contributed by atoms with van der Waals surface area (Å²) in [6, 6.07) is 53.2. The number of aromatic nitrogens is 2. The van der Waals surface area contributed by atoms with E-state index in [2.05, 4.69) is 156 Å². The first-order chi connectivity index (χ1) is 22.2. The van der Waals surface area contributed by atoms with Gasteiger partial charge in [0.2, 0.25) is 5.96 Å². The Hall–Kier alpha value is -5.87. The Bertz CT molecular complexity index is 2300. The average molecular weight is 581 g/mol. The number of hydrogen-bond donors (Lipinski definition) is 1. The number of rotatable bonds is 5. The lowest BCUT2D eigenvalue weighted by atomic mass is 9.90. The Kier molecular flexibility index (Phi) is 6.54. The quantitative estimate of drug-likeness (QED) is 0.160. The monoisotopic (exact) mass is 580 g/mol. The zero-order valence-electron chi connectivity index (χ0n) is 25.0. The molecule has 8 aromatic rings. The molecule has 4 nitrogen and oxygen atoms in total. The van der Waals surface area contributed by atoms with Gasteiger partial charge in [-0.25, -0.2) is 0 Å². The molecule has 216 valence electrons. The smallest absolute Gasteiger partial charge is 0.207 e. The highest BCUT2D eigenvalue weighted by Gasteiger charge is 2.20. The molecule has 2 heterocycles. The zero-order valence-corrected chi connectivity index (χ0v) is 25.0. The minimum Gasteiger partial charge on any atom is -0.369 e. The largest absolute Gasteiger partial charge is 0.369 e. The number of para-hydroxylation sites is 3. The van der Waals surface area contributed by atoms with Crippen LogP contribution in [-0.4, -0.2) is 15.1 Å². The van der Waals surface area contributed by atoms with Crippen molar-refractivity contribution in [3.8, 4) is 16.8 Å². The summed E-state index contributed by atoms with van der Waals surface area (Å²) in [5.41, 5.74) is 14.8. The van der Waals surface area contributed by atoms with Crippen LogP contribution >= 0.6 is 0 Å². The third-order valence-electron chi connectivity index (χ3n) is 8.91. The van der Waals surface area contributed by atoms with Gasteiger partial charge < -0.3 is 10.3 Å². The second kappa shape index (κ2) is 11.0. The lowest BCUT2D eigenvalue weighted by Gasteiger charge is -2.16. The van der Waals surface area contributed by atoms with Crippen LogP contribution in [0, 0.1) is 0 Å². The van der Waals surface area contributed by atoms with Gasteiger partial charge in [-0.2, -0.15) is 4.99 Å². The number of nitrogens with two attached hydrogens (primary N) is 1. The molecule has 4 heteroatoms. The van der Waals surface area contributed by atoms with E-state index in [9.17, 15) is 0 Å². The summed E-state index contributed by atoms with van der Waals surface area (Å²) in [5, 5.41) is 4.81. The fourth-order valence-corrected chi connectivity index (χ4v) is 6.65. The third-order valence-corrected chi connectivity index (χ3v) is 8.91. The highest BCUT2D eigenvalue weighted by molar-refractivity contribution is 6.13. The van der Waals surface area contributed by atoms with E-state index in [1.807, 2.05) is 18.2 Å². The van der Waals surface area contributed by atoms with Gasteiger partial charge in [-0.3, -0.25) is 4.57 Å². The van der Waals surface area contributed by atoms with Crippen LogP contribution in [0.3, 0.4) is 0 Å². The van der Waals surface area contributed by atoms with Crippen LogP contribution in [-0.2, 0) is 0 Å². The molecule has 0 bridgehead atoms. The molecule has 0 aliphatic heterocycles. The summed E-state index contributed by atoms with van der Waals surface area (Å²) in [5.74, 6) is 1.32. The molecule has 45 heavy (non-hydrogen) atoms. The van der Waals surface area contributed by atoms with Gasteiger partial charge >= 0.3 is 0 Å². The van der Waals surface area contributed by atoms with Crippen LogP contribution < -0.4 is 5.73 Å². The molecule has 0 fully saturated rings. The maximum atomic E-state index is 6.97. The van der Waals surface area contributed by atoms with Crippen molar-refractivity contribution < 1.29 is 0 Å². The standard InChI is InChI=1S/C41H32N4/c1-28(30-15-11-16-31(27-30)35-22-12-14-29-13-5-6-19-34(29)35)33-25-26-44(32-17-3-2-4-18-32)40(33)43-41(42)45-38-23-9-7-20-36(38)37-21-8-10-24-39(37)45/h2-28H,1H3,(H2,42,43). The first kappa shape index (κ1) is 26.7. The van der Waals surface area contributed by atoms with E-state index in [4.69, 9.17) is 10.7 Å². The van der Waals surface area contributed by atoms with Crippen molar-refractivity contribution in [1.82, 2.24) is 9.13 Å². The lowest BCUT2D eigenvalue weighted by molar-refractivity contribution is 0.915. The number of fused-ring (bicyclic) bond motifs is 4. The van der Waals surface area contributed by atoms with Crippen molar-refractivity contribution in [1.29, 1.82) is 0 Å². The summed E-state index contributed by atoms with van der Waals surface area (Å²) in [6.45, 7) is 2.25. The molecule has 0 spiro atoms. The Morgan fingerprint density at radius 2 is 1.24 bits per heavy atom. The minimum atomic E-state index is 0.0644. The van der Waals surface area contributed by atoms with Gasteiger partial charge in [0.05, 0.1) is 11.0 Å². The van der Waals surface area contributed by atoms with Crippen molar-refractivity contribution in [3.05, 3.63) is 169 Å². The molecule has 2 N–H and O–H groups in total. The molecule has 0 saturated heterocycles. The predicted octanol–water partition coefficient (Wildman–Crippen LogP) is 10.1. The summed E-state index contributed by atoms with van der Waals surface area (Å²) < 4.78 is 4.21. The normalized spacial score (nSPS) is 12.7. The molecule has 6 aromatic carbocycles. The minimum absolute atomic E-state index is 0.0644. The second-order valence-electron chi connectivity index (χ2n) is 11.5. The summed E-state index contributed by atoms with van der Waals surface area (Å²) in [7, 11) is 0. The Balaban J connectivity index is 1.28. The molecular formula is C41H32N4. The maximum Gasteiger partial charge on any atom is 0.207 e. The second-order valence-corrected chi connectivity index (χ2v) is 11.5. The van der Waals surface area contributed by atoms with Crippen LogP contribution in [0.5, 0.6) is 0 Å². The van der Waals surface area contributed by atoms with Crippen LogP contribution in [0.2, 0.25) is 0 Å². The van der Waals surface area contributed by atoms with Crippen molar-refractivity contribution in [2.75, 3.05) is 0 Å². The average Bonchev–Trinajstić information content (AvgIpc) is 3.67. The van der Waals surface area contributed by atoms with Gasteiger partial charge in [-0.1, -0.05) is 128 Å². The Morgan fingerprint density at radius 3 is 2.00 bits per heavy atom. The number of benzene rings is 6. The van der Waals surface area contributed by atoms with E-state index in [0.717, 1.165) is 38.9 Å². The molecular weight excluding hydrogens is 548 g/mol. The molecule has 8 rings (SSSR count). The third kappa shape index (κ3) is 4.59. The van der Waals surface area contributed by atoms with E-state index >= 15 is 0 Å². The van der Waals surface area contributed by atoms with Crippen molar-refractivity contribution in [2.24, 2.45) is 10.7 Å². The van der Waals surface area contributed by atoms with Crippen LogP contribution in [0.15, 0.2) is 163 Å². The first-order valence-corrected chi connectivity index (χ1v) is 15.3. The van der Waals surface area contributed by atoms with Gasteiger partial charge in [0, 0.05) is 34.1 Å². The summed E-state index contributed by atoms with van der Waals surface area (Å²) in [6.07, 6.45) is 2.10. The molecule has 1 atom stereocenters. The van der Waals surface area contributed by atoms with Gasteiger partial charge in [0.1, 0.15) is 5.82 Å². The molecule has 0 saturated carbocycles. The van der Waals surface area contributed by atoms with Crippen molar-refractivity contribution >= 4 is 44.4 Å². The van der Waals surface area contributed by atoms with Gasteiger partial charge in [0.25, 0.3) is 0 Å². The molecule has 0 aliphatic carbocycles. The fraction of sp³-hybridized carbons (Fsp3) is 0.0488. The number of aliphatic imine (C=N–C) groups is 1. The highest BCUT2D eigenvalue weighted by Crippen LogP contribution is 2.38. The molecule has 2 aromatic heterocycles. The maximum absolute atomic E-state index is 6.97. The summed E-state index contributed by atoms with van der Waals surface area (Å²) in [4.78, 5) is 5.23. The van der Waals surface area contributed by atoms with Gasteiger partial charge in [-0.15, -0.1) is 0 Å². The van der Waals surface area contributed by atoms with Crippen molar-refractivity contribution in [2.45, 2.75) is 12.8 Å². The predicted molar refractivity (Wildman–Crippen MR) is 189 cm³/mol.